The molecule has 0 aromatic heterocycles. The first-order valence-electron chi connectivity index (χ1n) is 10.3. The van der Waals surface area contributed by atoms with Gasteiger partial charge in [-0.15, -0.1) is 0 Å². The van der Waals surface area contributed by atoms with Crippen LogP contribution >= 0.6 is 0 Å². The Labute approximate surface area is 174 Å². The van der Waals surface area contributed by atoms with E-state index in [9.17, 15) is 15.0 Å². The average Bonchev–Trinajstić information content (AvgIpc) is 3.27. The predicted octanol–water partition coefficient (Wildman–Crippen LogP) is 3.24. The van der Waals surface area contributed by atoms with Gasteiger partial charge in [0.25, 0.3) is 0 Å². The summed E-state index contributed by atoms with van der Waals surface area (Å²) in [5.74, 6) is -1.17. The molecule has 30 heavy (non-hydrogen) atoms. The third-order valence-electron chi connectivity index (χ3n) is 7.88. The van der Waals surface area contributed by atoms with Gasteiger partial charge in [-0.05, 0) is 22.3 Å². The summed E-state index contributed by atoms with van der Waals surface area (Å²) in [5.41, 5.74) is -0.0245. The van der Waals surface area contributed by atoms with Gasteiger partial charge in [0.05, 0.1) is 7.11 Å². The molecule has 2 saturated carbocycles. The first-order chi connectivity index (χ1) is 14.6. The summed E-state index contributed by atoms with van der Waals surface area (Å²) < 4.78 is 5.28. The van der Waals surface area contributed by atoms with Crippen LogP contribution in [0.15, 0.2) is 84.9 Å². The molecular formula is C26H22O4. The molecule has 2 fully saturated rings. The van der Waals surface area contributed by atoms with Crippen LogP contribution in [0.5, 0.6) is 0 Å². The molecule has 3 aromatic carbocycles. The Morgan fingerprint density at radius 2 is 1.30 bits per heavy atom. The highest BCUT2D eigenvalue weighted by Crippen LogP contribution is 2.92. The fraction of sp³-hybridized carbons (Fsp3) is 0.269. The van der Waals surface area contributed by atoms with Crippen molar-refractivity contribution in [3.05, 3.63) is 107 Å². The SMILES string of the molecule is COC(=O)C12C(O)C(O)(c3ccccc3)C3c4ccccc4C1C32c1ccccc1. The molecule has 0 saturated heterocycles. The monoisotopic (exact) mass is 398 g/mol. The molecule has 6 rings (SSSR count). The number of hydrogen-bond acceptors (Lipinski definition) is 4. The van der Waals surface area contributed by atoms with Crippen molar-refractivity contribution in [2.24, 2.45) is 5.41 Å². The number of fused-ring (bicyclic) bond motifs is 4. The number of rotatable bonds is 3. The van der Waals surface area contributed by atoms with E-state index in [0.717, 1.165) is 16.7 Å². The number of methoxy groups -OCH3 is 1. The number of carbonyl (C=O) groups excluding carboxylic acids is 1. The standard InChI is InChI=1S/C26H22O4/c1-30-23(28)25-20-18-14-8-9-15-19(18)21(24(20,25)16-10-4-2-5-11-16)26(29,22(25)27)17-12-6-3-7-13-17/h2-15,20-22,27,29H,1H3. The van der Waals surface area contributed by atoms with Crippen molar-refractivity contribution < 1.29 is 19.7 Å². The maximum atomic E-state index is 13.4. The van der Waals surface area contributed by atoms with Gasteiger partial charge in [0.1, 0.15) is 17.1 Å². The smallest absolute Gasteiger partial charge is 0.316 e. The van der Waals surface area contributed by atoms with E-state index in [1.165, 1.54) is 7.11 Å². The van der Waals surface area contributed by atoms with Crippen LogP contribution in [0.2, 0.25) is 0 Å². The minimum absolute atomic E-state index is 0.236. The lowest BCUT2D eigenvalue weighted by molar-refractivity contribution is -0.160. The van der Waals surface area contributed by atoms with Gasteiger partial charge >= 0.3 is 5.97 Å². The molecule has 0 amide bonds. The summed E-state index contributed by atoms with van der Waals surface area (Å²) >= 11 is 0. The lowest BCUT2D eigenvalue weighted by Crippen LogP contribution is -2.46. The van der Waals surface area contributed by atoms with E-state index in [0.29, 0.717) is 5.56 Å². The van der Waals surface area contributed by atoms with Crippen LogP contribution in [-0.4, -0.2) is 29.4 Å². The molecule has 3 aromatic rings. The van der Waals surface area contributed by atoms with Crippen molar-refractivity contribution in [1.82, 2.24) is 0 Å². The largest absolute Gasteiger partial charge is 0.468 e. The second kappa shape index (κ2) is 5.60. The van der Waals surface area contributed by atoms with E-state index in [1.54, 1.807) is 0 Å². The highest BCUT2D eigenvalue weighted by molar-refractivity contribution is 5.93. The van der Waals surface area contributed by atoms with Crippen molar-refractivity contribution in [2.45, 2.75) is 29.0 Å². The van der Waals surface area contributed by atoms with Crippen molar-refractivity contribution in [1.29, 1.82) is 0 Å². The molecule has 150 valence electrons. The highest BCUT2D eigenvalue weighted by atomic mass is 16.5. The number of aliphatic hydroxyl groups is 2. The lowest BCUT2D eigenvalue weighted by Gasteiger charge is -2.37. The van der Waals surface area contributed by atoms with Crippen molar-refractivity contribution in [3.8, 4) is 0 Å². The van der Waals surface area contributed by atoms with Crippen LogP contribution in [0, 0.1) is 5.41 Å². The Morgan fingerprint density at radius 3 is 1.87 bits per heavy atom. The summed E-state index contributed by atoms with van der Waals surface area (Å²) in [6.07, 6.45) is -1.30. The van der Waals surface area contributed by atoms with Crippen LogP contribution < -0.4 is 0 Å². The molecule has 0 aliphatic heterocycles. The maximum Gasteiger partial charge on any atom is 0.316 e. The zero-order valence-corrected chi connectivity index (χ0v) is 16.5. The van der Waals surface area contributed by atoms with Gasteiger partial charge in [-0.2, -0.15) is 0 Å². The van der Waals surface area contributed by atoms with Crippen LogP contribution in [0.4, 0.5) is 0 Å². The Hall–Kier alpha value is -2.95. The predicted molar refractivity (Wildman–Crippen MR) is 111 cm³/mol. The van der Waals surface area contributed by atoms with E-state index in [4.69, 9.17) is 4.74 Å². The normalized spacial score (nSPS) is 37.4. The minimum atomic E-state index is -1.62. The lowest BCUT2D eigenvalue weighted by atomic mass is 9.72. The molecule has 4 heteroatoms. The van der Waals surface area contributed by atoms with Crippen molar-refractivity contribution in [3.63, 3.8) is 0 Å². The zero-order chi connectivity index (χ0) is 20.7. The molecule has 0 bridgehead atoms. The number of esters is 1. The highest BCUT2D eigenvalue weighted by Gasteiger charge is 2.98. The number of carbonyl (C=O) groups is 1. The van der Waals surface area contributed by atoms with Crippen LogP contribution in [0.25, 0.3) is 0 Å². The summed E-state index contributed by atoms with van der Waals surface area (Å²) in [6.45, 7) is 0. The molecular weight excluding hydrogens is 376 g/mol. The van der Waals surface area contributed by atoms with Gasteiger partial charge in [-0.25, -0.2) is 0 Å². The van der Waals surface area contributed by atoms with Gasteiger partial charge in [-0.3, -0.25) is 4.79 Å². The fourth-order valence-corrected chi connectivity index (χ4v) is 7.05. The first kappa shape index (κ1) is 17.9. The molecule has 3 aliphatic carbocycles. The third kappa shape index (κ3) is 1.60. The fourth-order valence-electron chi connectivity index (χ4n) is 7.05. The average molecular weight is 398 g/mol. The molecule has 0 radical (unpaired) electrons. The van der Waals surface area contributed by atoms with Crippen LogP contribution in [0.1, 0.15) is 34.1 Å². The summed E-state index contributed by atoms with van der Waals surface area (Å²) in [6, 6.07) is 27.0. The molecule has 2 N–H and O–H groups in total. The molecule has 6 atom stereocenters. The van der Waals surface area contributed by atoms with Crippen LogP contribution in [0.3, 0.4) is 0 Å². The number of ether oxygens (including phenoxy) is 1. The Balaban J connectivity index is 1.73. The minimum Gasteiger partial charge on any atom is -0.468 e. The molecule has 0 spiro atoms. The first-order valence-corrected chi connectivity index (χ1v) is 10.3. The molecule has 3 aliphatic rings. The van der Waals surface area contributed by atoms with Crippen LogP contribution in [-0.2, 0) is 20.5 Å². The summed E-state index contributed by atoms with van der Waals surface area (Å²) in [7, 11) is 1.36. The van der Waals surface area contributed by atoms with Gasteiger partial charge in [0, 0.05) is 17.3 Å². The van der Waals surface area contributed by atoms with Gasteiger partial charge in [0.2, 0.25) is 0 Å². The number of benzene rings is 3. The second-order valence-corrected chi connectivity index (χ2v) is 8.68. The van der Waals surface area contributed by atoms with E-state index >= 15 is 0 Å². The van der Waals surface area contributed by atoms with Gasteiger partial charge in [-0.1, -0.05) is 84.9 Å². The maximum absolute atomic E-state index is 13.4. The summed E-state index contributed by atoms with van der Waals surface area (Å²) in [5, 5.41) is 24.0. The second-order valence-electron chi connectivity index (χ2n) is 8.68. The van der Waals surface area contributed by atoms with Crippen molar-refractivity contribution >= 4 is 5.97 Å². The molecule has 0 heterocycles. The van der Waals surface area contributed by atoms with E-state index in [1.807, 2.05) is 84.9 Å². The van der Waals surface area contributed by atoms with E-state index in [2.05, 4.69) is 0 Å². The Morgan fingerprint density at radius 1 is 0.800 bits per heavy atom. The molecule has 4 nitrogen and oxygen atoms in total. The Kier molecular flexibility index (Phi) is 3.33. The topological polar surface area (TPSA) is 66.8 Å². The van der Waals surface area contributed by atoms with Gasteiger partial charge < -0.3 is 14.9 Å². The molecule has 6 unspecified atom stereocenters. The number of hydrogen-bond donors (Lipinski definition) is 2. The van der Waals surface area contributed by atoms with Gasteiger partial charge in [0.15, 0.2) is 0 Å². The quantitative estimate of drug-likeness (QED) is 0.665. The van der Waals surface area contributed by atoms with Crippen molar-refractivity contribution in [2.75, 3.05) is 7.11 Å². The van der Waals surface area contributed by atoms with E-state index in [-0.39, 0.29) is 5.92 Å². The number of aliphatic hydroxyl groups excluding tert-OH is 1. The zero-order valence-electron chi connectivity index (χ0n) is 16.5. The summed E-state index contributed by atoms with van der Waals surface area (Å²) in [4.78, 5) is 13.4. The Bertz CT molecular complexity index is 1160. The third-order valence-corrected chi connectivity index (χ3v) is 7.88. The van der Waals surface area contributed by atoms with E-state index < -0.39 is 34.4 Å².